The molecule has 1 atom stereocenters. The van der Waals surface area contributed by atoms with Gasteiger partial charge in [-0.3, -0.25) is 0 Å². The number of amides is 2. The third-order valence-electron chi connectivity index (χ3n) is 3.36. The maximum atomic E-state index is 11.8. The van der Waals surface area contributed by atoms with E-state index in [0.717, 1.165) is 19.6 Å². The van der Waals surface area contributed by atoms with Gasteiger partial charge in [-0.1, -0.05) is 17.7 Å². The minimum atomic E-state index is -0.171. The number of hydrogen-bond acceptors (Lipinski definition) is 2. The Morgan fingerprint density at radius 3 is 3.11 bits per heavy atom. The zero-order valence-corrected chi connectivity index (χ0v) is 11.9. The molecule has 1 saturated heterocycles. The SMILES string of the molecule is CN1CCC[C@H](CNC(=O)Nc2cccc(Cl)c2)C1. The Morgan fingerprint density at radius 1 is 1.53 bits per heavy atom. The molecule has 0 saturated carbocycles. The lowest BCUT2D eigenvalue weighted by atomic mass is 9.99. The zero-order chi connectivity index (χ0) is 13.7. The Kier molecular flexibility index (Phi) is 5.05. The number of benzene rings is 1. The van der Waals surface area contributed by atoms with Gasteiger partial charge in [0.2, 0.25) is 0 Å². The molecule has 0 aliphatic carbocycles. The highest BCUT2D eigenvalue weighted by atomic mass is 35.5. The van der Waals surface area contributed by atoms with Crippen LogP contribution in [-0.4, -0.2) is 37.6 Å². The van der Waals surface area contributed by atoms with Crippen LogP contribution in [0.5, 0.6) is 0 Å². The number of likely N-dealkylation sites (tertiary alicyclic amines) is 1. The number of anilines is 1. The fourth-order valence-electron chi connectivity index (χ4n) is 2.42. The van der Waals surface area contributed by atoms with Crippen molar-refractivity contribution in [3.63, 3.8) is 0 Å². The molecule has 104 valence electrons. The summed E-state index contributed by atoms with van der Waals surface area (Å²) in [5.74, 6) is 0.545. The molecule has 0 radical (unpaired) electrons. The third kappa shape index (κ3) is 4.73. The molecule has 2 amide bonds. The quantitative estimate of drug-likeness (QED) is 0.895. The smallest absolute Gasteiger partial charge is 0.319 e. The highest BCUT2D eigenvalue weighted by Crippen LogP contribution is 2.15. The lowest BCUT2D eigenvalue weighted by Crippen LogP contribution is -2.40. The van der Waals surface area contributed by atoms with Crippen molar-refractivity contribution in [2.75, 3.05) is 32.0 Å². The van der Waals surface area contributed by atoms with Gasteiger partial charge in [0.1, 0.15) is 0 Å². The van der Waals surface area contributed by atoms with Crippen LogP contribution in [0.15, 0.2) is 24.3 Å². The Labute approximate surface area is 119 Å². The monoisotopic (exact) mass is 281 g/mol. The van der Waals surface area contributed by atoms with Crippen molar-refractivity contribution >= 4 is 23.3 Å². The summed E-state index contributed by atoms with van der Waals surface area (Å²) in [5.41, 5.74) is 0.714. The average Bonchev–Trinajstić information content (AvgIpc) is 2.36. The Bertz CT molecular complexity index is 438. The topological polar surface area (TPSA) is 44.4 Å². The van der Waals surface area contributed by atoms with E-state index in [9.17, 15) is 4.79 Å². The van der Waals surface area contributed by atoms with Crippen molar-refractivity contribution in [3.05, 3.63) is 29.3 Å². The van der Waals surface area contributed by atoms with Crippen molar-refractivity contribution < 1.29 is 4.79 Å². The molecule has 2 rings (SSSR count). The maximum absolute atomic E-state index is 11.8. The van der Waals surface area contributed by atoms with E-state index in [4.69, 9.17) is 11.6 Å². The summed E-state index contributed by atoms with van der Waals surface area (Å²) in [6.45, 7) is 2.93. The van der Waals surface area contributed by atoms with Crippen molar-refractivity contribution in [1.29, 1.82) is 0 Å². The van der Waals surface area contributed by atoms with Crippen LogP contribution in [0, 0.1) is 5.92 Å². The number of hydrogen-bond donors (Lipinski definition) is 2. The van der Waals surface area contributed by atoms with Crippen molar-refractivity contribution in [2.45, 2.75) is 12.8 Å². The normalized spacial score (nSPS) is 20.0. The van der Waals surface area contributed by atoms with E-state index in [2.05, 4.69) is 22.6 Å². The van der Waals surface area contributed by atoms with Crippen LogP contribution in [0.4, 0.5) is 10.5 Å². The molecule has 1 fully saturated rings. The second-order valence-corrected chi connectivity index (χ2v) is 5.55. The van der Waals surface area contributed by atoms with E-state index in [0.29, 0.717) is 16.6 Å². The van der Waals surface area contributed by atoms with Gasteiger partial charge in [-0.25, -0.2) is 4.79 Å². The fraction of sp³-hybridized carbons (Fsp3) is 0.500. The molecule has 0 bridgehead atoms. The second-order valence-electron chi connectivity index (χ2n) is 5.12. The van der Waals surface area contributed by atoms with Gasteiger partial charge in [-0.05, 0) is 50.6 Å². The highest BCUT2D eigenvalue weighted by molar-refractivity contribution is 6.30. The first kappa shape index (κ1) is 14.2. The summed E-state index contributed by atoms with van der Waals surface area (Å²) in [4.78, 5) is 14.1. The number of urea groups is 1. The molecule has 2 N–H and O–H groups in total. The van der Waals surface area contributed by atoms with Gasteiger partial charge in [0, 0.05) is 23.8 Å². The largest absolute Gasteiger partial charge is 0.338 e. The Morgan fingerprint density at radius 2 is 2.37 bits per heavy atom. The Hall–Kier alpha value is -1.26. The molecule has 0 spiro atoms. The molecule has 1 aromatic rings. The van der Waals surface area contributed by atoms with Gasteiger partial charge in [-0.2, -0.15) is 0 Å². The van der Waals surface area contributed by atoms with E-state index in [1.165, 1.54) is 12.8 Å². The fourth-order valence-corrected chi connectivity index (χ4v) is 2.61. The number of piperidine rings is 1. The molecular formula is C14H20ClN3O. The molecule has 0 aromatic heterocycles. The van der Waals surface area contributed by atoms with E-state index in [1.54, 1.807) is 12.1 Å². The van der Waals surface area contributed by atoms with Crippen LogP contribution in [0.25, 0.3) is 0 Å². The van der Waals surface area contributed by atoms with Crippen molar-refractivity contribution in [1.82, 2.24) is 10.2 Å². The van der Waals surface area contributed by atoms with E-state index in [-0.39, 0.29) is 6.03 Å². The summed E-state index contributed by atoms with van der Waals surface area (Å²) >= 11 is 5.87. The number of nitrogens with zero attached hydrogens (tertiary/aromatic N) is 1. The van der Waals surface area contributed by atoms with Crippen LogP contribution in [0.3, 0.4) is 0 Å². The Balaban J connectivity index is 1.75. The van der Waals surface area contributed by atoms with Crippen LogP contribution < -0.4 is 10.6 Å². The second kappa shape index (κ2) is 6.78. The number of halogens is 1. The molecular weight excluding hydrogens is 262 g/mol. The van der Waals surface area contributed by atoms with Gasteiger partial charge >= 0.3 is 6.03 Å². The van der Waals surface area contributed by atoms with Crippen molar-refractivity contribution in [2.24, 2.45) is 5.92 Å². The summed E-state index contributed by atoms with van der Waals surface area (Å²) in [7, 11) is 2.12. The van der Waals surface area contributed by atoms with E-state index < -0.39 is 0 Å². The summed E-state index contributed by atoms with van der Waals surface area (Å²) in [6.07, 6.45) is 2.39. The predicted octanol–water partition coefficient (Wildman–Crippen LogP) is 2.80. The first-order chi connectivity index (χ1) is 9.13. The number of carbonyl (C=O) groups is 1. The summed E-state index contributed by atoms with van der Waals surface area (Å²) < 4.78 is 0. The molecule has 1 aliphatic rings. The van der Waals surface area contributed by atoms with Gasteiger partial charge in [0.05, 0.1) is 0 Å². The first-order valence-electron chi connectivity index (χ1n) is 6.62. The van der Waals surface area contributed by atoms with Crippen LogP contribution >= 0.6 is 11.6 Å². The van der Waals surface area contributed by atoms with Crippen LogP contribution in [0.1, 0.15) is 12.8 Å². The minimum absolute atomic E-state index is 0.171. The highest BCUT2D eigenvalue weighted by Gasteiger charge is 2.17. The third-order valence-corrected chi connectivity index (χ3v) is 3.59. The molecule has 1 aliphatic heterocycles. The standard InChI is InChI=1S/C14H20ClN3O/c1-18-7-3-4-11(10-18)9-16-14(19)17-13-6-2-5-12(15)8-13/h2,5-6,8,11H,3-4,7,9-10H2,1H3,(H2,16,17,19)/t11-/m1/s1. The first-order valence-corrected chi connectivity index (χ1v) is 7.00. The predicted molar refractivity (Wildman–Crippen MR) is 78.7 cm³/mol. The zero-order valence-electron chi connectivity index (χ0n) is 11.2. The molecule has 19 heavy (non-hydrogen) atoms. The van der Waals surface area contributed by atoms with Gasteiger partial charge in [-0.15, -0.1) is 0 Å². The molecule has 1 heterocycles. The summed E-state index contributed by atoms with van der Waals surface area (Å²) in [5, 5.41) is 6.32. The van der Waals surface area contributed by atoms with Gasteiger partial charge in [0.25, 0.3) is 0 Å². The molecule has 1 aromatic carbocycles. The average molecular weight is 282 g/mol. The number of rotatable bonds is 3. The minimum Gasteiger partial charge on any atom is -0.338 e. The maximum Gasteiger partial charge on any atom is 0.319 e. The number of nitrogens with one attached hydrogen (secondary N) is 2. The van der Waals surface area contributed by atoms with Gasteiger partial charge in [0.15, 0.2) is 0 Å². The molecule has 5 heteroatoms. The van der Waals surface area contributed by atoms with Gasteiger partial charge < -0.3 is 15.5 Å². The molecule has 4 nitrogen and oxygen atoms in total. The lowest BCUT2D eigenvalue weighted by molar-refractivity contribution is 0.204. The van der Waals surface area contributed by atoms with Crippen molar-refractivity contribution in [3.8, 4) is 0 Å². The molecule has 0 unspecified atom stereocenters. The van der Waals surface area contributed by atoms with E-state index >= 15 is 0 Å². The van der Waals surface area contributed by atoms with Crippen LogP contribution in [0.2, 0.25) is 5.02 Å². The lowest BCUT2D eigenvalue weighted by Gasteiger charge is -2.29. The van der Waals surface area contributed by atoms with E-state index in [1.807, 2.05) is 12.1 Å². The summed E-state index contributed by atoms with van der Waals surface area (Å²) in [6, 6.07) is 6.97. The van der Waals surface area contributed by atoms with Crippen LogP contribution in [-0.2, 0) is 0 Å². The number of carbonyl (C=O) groups excluding carboxylic acids is 1.